The van der Waals surface area contributed by atoms with Crippen LogP contribution in [0.2, 0.25) is 0 Å². The lowest BCUT2D eigenvalue weighted by Crippen LogP contribution is -2.30. The highest BCUT2D eigenvalue weighted by Gasteiger charge is 2.10. The Morgan fingerprint density at radius 1 is 1.41 bits per heavy atom. The van der Waals surface area contributed by atoms with Gasteiger partial charge in [-0.1, -0.05) is 0 Å². The summed E-state index contributed by atoms with van der Waals surface area (Å²) in [6.07, 6.45) is 1.25. The lowest BCUT2D eigenvalue weighted by atomic mass is 10.2. The van der Waals surface area contributed by atoms with E-state index in [0.717, 1.165) is 0 Å². The van der Waals surface area contributed by atoms with Gasteiger partial charge in [-0.2, -0.15) is 4.68 Å². The molecule has 2 amide bonds. The molecule has 10 nitrogen and oxygen atoms in total. The fraction of sp³-hybridized carbons (Fsp3) is 0.250. The minimum Gasteiger partial charge on any atom is -0.494 e. The highest BCUT2D eigenvalue weighted by molar-refractivity contribution is 5.90. The number of anilines is 1. The van der Waals surface area contributed by atoms with Crippen molar-refractivity contribution in [2.45, 2.75) is 6.42 Å². The highest BCUT2D eigenvalue weighted by atomic mass is 16.5. The number of rotatable bonds is 6. The number of hydrogen-bond donors (Lipinski definition) is 3. The van der Waals surface area contributed by atoms with Gasteiger partial charge in [0.25, 0.3) is 0 Å². The first kappa shape index (κ1) is 15.2. The fourth-order valence-electron chi connectivity index (χ4n) is 1.68. The van der Waals surface area contributed by atoms with Crippen molar-refractivity contribution in [3.8, 4) is 11.4 Å². The standard InChI is InChI=1S/C12H14N6O4/c1-22-10-3-2-8(6-9(10)18-7-14-16-17-18)15-12(21)13-5-4-11(19)20/h2-3,6-7H,4-5H2,1H3,(H,19,20)(H2,13,15,21). The zero-order valence-electron chi connectivity index (χ0n) is 11.7. The number of urea groups is 1. The third kappa shape index (κ3) is 3.91. The number of carbonyl (C=O) groups is 2. The molecule has 0 atom stereocenters. The van der Waals surface area contributed by atoms with Crippen LogP contribution < -0.4 is 15.4 Å². The van der Waals surface area contributed by atoms with E-state index in [-0.39, 0.29) is 13.0 Å². The number of tetrazole rings is 1. The van der Waals surface area contributed by atoms with Gasteiger partial charge in [0.2, 0.25) is 0 Å². The van der Waals surface area contributed by atoms with Gasteiger partial charge in [0.15, 0.2) is 0 Å². The van der Waals surface area contributed by atoms with Gasteiger partial charge < -0.3 is 20.5 Å². The summed E-state index contributed by atoms with van der Waals surface area (Å²) in [6.45, 7) is 0.0389. The van der Waals surface area contributed by atoms with Crippen LogP contribution in [0.1, 0.15) is 6.42 Å². The van der Waals surface area contributed by atoms with Crippen molar-refractivity contribution < 1.29 is 19.4 Å². The molecule has 0 aliphatic carbocycles. The number of nitrogens with zero attached hydrogens (tertiary/aromatic N) is 4. The second-order valence-corrected chi connectivity index (χ2v) is 4.17. The van der Waals surface area contributed by atoms with Crippen LogP contribution in [-0.4, -0.2) is 51.0 Å². The Balaban J connectivity index is 2.07. The monoisotopic (exact) mass is 306 g/mol. The van der Waals surface area contributed by atoms with Gasteiger partial charge >= 0.3 is 12.0 Å². The molecule has 0 saturated carbocycles. The van der Waals surface area contributed by atoms with Gasteiger partial charge in [-0.15, -0.1) is 5.10 Å². The molecule has 0 saturated heterocycles. The highest BCUT2D eigenvalue weighted by Crippen LogP contribution is 2.25. The minimum atomic E-state index is -0.981. The Kier molecular flexibility index (Phi) is 4.85. The molecule has 0 fully saturated rings. The molecular weight excluding hydrogens is 292 g/mol. The molecule has 0 aliphatic rings. The maximum absolute atomic E-state index is 11.7. The number of aliphatic carboxylic acids is 1. The predicted molar refractivity (Wildman–Crippen MR) is 75.0 cm³/mol. The first-order valence-electron chi connectivity index (χ1n) is 6.28. The molecule has 0 radical (unpaired) electrons. The van der Waals surface area contributed by atoms with E-state index < -0.39 is 12.0 Å². The third-order valence-electron chi connectivity index (χ3n) is 2.66. The van der Waals surface area contributed by atoms with Crippen LogP contribution in [0, 0.1) is 0 Å². The van der Waals surface area contributed by atoms with E-state index >= 15 is 0 Å². The van der Waals surface area contributed by atoms with Crippen molar-refractivity contribution in [3.63, 3.8) is 0 Å². The van der Waals surface area contributed by atoms with E-state index in [1.165, 1.54) is 18.1 Å². The first-order valence-corrected chi connectivity index (χ1v) is 6.28. The second kappa shape index (κ2) is 7.02. The van der Waals surface area contributed by atoms with Gasteiger partial charge in [0.1, 0.15) is 17.8 Å². The number of methoxy groups -OCH3 is 1. The first-order chi connectivity index (χ1) is 10.6. The van der Waals surface area contributed by atoms with Gasteiger partial charge in [-0.05, 0) is 28.6 Å². The van der Waals surface area contributed by atoms with Crippen molar-refractivity contribution in [2.24, 2.45) is 0 Å². The SMILES string of the molecule is COc1ccc(NC(=O)NCCC(=O)O)cc1-n1cnnn1. The van der Waals surface area contributed by atoms with E-state index in [1.807, 2.05) is 0 Å². The van der Waals surface area contributed by atoms with Gasteiger partial charge in [0.05, 0.1) is 13.5 Å². The fourth-order valence-corrected chi connectivity index (χ4v) is 1.68. The number of benzene rings is 1. The maximum Gasteiger partial charge on any atom is 0.319 e. The molecule has 116 valence electrons. The smallest absolute Gasteiger partial charge is 0.319 e. The van der Waals surface area contributed by atoms with Crippen LogP contribution in [0.5, 0.6) is 5.75 Å². The zero-order valence-corrected chi connectivity index (χ0v) is 11.7. The minimum absolute atomic E-state index is 0.0389. The Morgan fingerprint density at radius 3 is 2.86 bits per heavy atom. The van der Waals surface area contributed by atoms with Crippen LogP contribution >= 0.6 is 0 Å². The molecule has 0 spiro atoms. The number of aromatic nitrogens is 4. The van der Waals surface area contributed by atoms with Gasteiger partial charge in [-0.3, -0.25) is 4.79 Å². The van der Waals surface area contributed by atoms with Crippen molar-refractivity contribution in [3.05, 3.63) is 24.5 Å². The molecule has 2 rings (SSSR count). The number of amides is 2. The summed E-state index contributed by atoms with van der Waals surface area (Å²) in [5.41, 5.74) is 1.04. The molecule has 3 N–H and O–H groups in total. The second-order valence-electron chi connectivity index (χ2n) is 4.17. The van der Waals surface area contributed by atoms with Crippen molar-refractivity contribution in [2.75, 3.05) is 19.0 Å². The van der Waals surface area contributed by atoms with Crippen LogP contribution in [0.15, 0.2) is 24.5 Å². The summed E-state index contributed by atoms with van der Waals surface area (Å²) in [5.74, 6) is -0.449. The van der Waals surface area contributed by atoms with Gasteiger partial charge in [-0.25, -0.2) is 4.79 Å². The van der Waals surface area contributed by atoms with E-state index in [0.29, 0.717) is 17.1 Å². The topological polar surface area (TPSA) is 131 Å². The summed E-state index contributed by atoms with van der Waals surface area (Å²) in [6, 6.07) is 4.42. The van der Waals surface area contributed by atoms with Crippen molar-refractivity contribution in [1.82, 2.24) is 25.5 Å². The van der Waals surface area contributed by atoms with E-state index in [2.05, 4.69) is 26.2 Å². The van der Waals surface area contributed by atoms with Crippen LogP contribution in [0.25, 0.3) is 5.69 Å². The molecule has 0 bridgehead atoms. The number of ether oxygens (including phenoxy) is 1. The average Bonchev–Trinajstić information content (AvgIpc) is 3.00. The summed E-state index contributed by atoms with van der Waals surface area (Å²) in [4.78, 5) is 22.0. The number of carboxylic acids is 1. The van der Waals surface area contributed by atoms with Crippen LogP contribution in [0.3, 0.4) is 0 Å². The Bertz CT molecular complexity index is 658. The summed E-state index contributed by atoms with van der Waals surface area (Å²) in [7, 11) is 1.51. The summed E-state index contributed by atoms with van der Waals surface area (Å²) in [5, 5.41) is 24.4. The summed E-state index contributed by atoms with van der Waals surface area (Å²) >= 11 is 0. The van der Waals surface area contributed by atoms with Gasteiger partial charge in [0, 0.05) is 12.2 Å². The molecule has 0 unspecified atom stereocenters. The van der Waals surface area contributed by atoms with Crippen molar-refractivity contribution >= 4 is 17.7 Å². The Hall–Kier alpha value is -3.17. The number of carboxylic acid groups (broad SMARTS) is 1. The molecule has 2 aromatic rings. The predicted octanol–water partition coefficient (Wildman–Crippen LogP) is 0.267. The lowest BCUT2D eigenvalue weighted by molar-refractivity contribution is -0.136. The molecule has 0 aliphatic heterocycles. The maximum atomic E-state index is 11.7. The largest absolute Gasteiger partial charge is 0.494 e. The molecule has 1 aromatic heterocycles. The van der Waals surface area contributed by atoms with E-state index in [1.54, 1.807) is 18.2 Å². The molecule has 22 heavy (non-hydrogen) atoms. The summed E-state index contributed by atoms with van der Waals surface area (Å²) < 4.78 is 6.61. The molecule has 1 heterocycles. The Morgan fingerprint density at radius 2 is 2.23 bits per heavy atom. The normalized spacial score (nSPS) is 10.0. The molecule has 10 heteroatoms. The molecular formula is C12H14N6O4. The Labute approximate surface area is 125 Å². The lowest BCUT2D eigenvalue weighted by Gasteiger charge is -2.11. The third-order valence-corrected chi connectivity index (χ3v) is 2.66. The quantitative estimate of drug-likeness (QED) is 0.697. The number of carbonyl (C=O) groups excluding carboxylic acids is 1. The zero-order chi connectivity index (χ0) is 15.9. The van der Waals surface area contributed by atoms with Crippen LogP contribution in [0.4, 0.5) is 10.5 Å². The van der Waals surface area contributed by atoms with Crippen molar-refractivity contribution in [1.29, 1.82) is 0 Å². The van der Waals surface area contributed by atoms with E-state index in [9.17, 15) is 9.59 Å². The number of nitrogens with one attached hydrogen (secondary N) is 2. The average molecular weight is 306 g/mol. The van der Waals surface area contributed by atoms with Crippen LogP contribution in [-0.2, 0) is 4.79 Å². The molecule has 1 aromatic carbocycles. The number of hydrogen-bond acceptors (Lipinski definition) is 6. The van der Waals surface area contributed by atoms with E-state index in [4.69, 9.17) is 9.84 Å².